The van der Waals surface area contributed by atoms with Crippen molar-refractivity contribution < 1.29 is 37.4 Å². The monoisotopic (exact) mass is 851 g/mol. The summed E-state index contributed by atoms with van der Waals surface area (Å²) in [6.45, 7) is 10.6. The molecule has 0 fully saturated rings. The third kappa shape index (κ3) is 12.1. The zero-order valence-electron chi connectivity index (χ0n) is 31.7. The summed E-state index contributed by atoms with van der Waals surface area (Å²) in [5, 5.41) is 8.71. The highest BCUT2D eigenvalue weighted by Crippen LogP contribution is 2.37. The lowest BCUT2D eigenvalue weighted by Gasteiger charge is -2.17. The van der Waals surface area contributed by atoms with Gasteiger partial charge in [-0.1, -0.05) is 60.3 Å². The van der Waals surface area contributed by atoms with Gasteiger partial charge in [0.1, 0.15) is 19.8 Å². The van der Waals surface area contributed by atoms with Crippen LogP contribution in [0, 0.1) is 25.5 Å². The predicted octanol–water partition coefficient (Wildman–Crippen LogP) is 10.8. The number of carbonyl (C=O) groups is 3. The van der Waals surface area contributed by atoms with E-state index in [1.54, 1.807) is 24.3 Å². The molecular weight excluding hydrogens is 810 g/mol. The number of amides is 1. The zero-order chi connectivity index (χ0) is 41.3. The van der Waals surface area contributed by atoms with E-state index in [0.29, 0.717) is 22.5 Å². The van der Waals surface area contributed by atoms with Crippen LogP contribution in [0.25, 0.3) is 0 Å². The Kier molecular flexibility index (Phi) is 16.0. The molecule has 15 heteroatoms. The van der Waals surface area contributed by atoms with Crippen LogP contribution in [-0.2, 0) is 34.0 Å². The average Bonchev–Trinajstić information content (AvgIpc) is 3.12. The summed E-state index contributed by atoms with van der Waals surface area (Å²) in [6, 6.07) is 12.3. The molecule has 0 aliphatic rings. The van der Waals surface area contributed by atoms with Crippen molar-refractivity contribution in [3.63, 3.8) is 0 Å². The zero-order valence-corrected chi connectivity index (χ0v) is 34.8. The molecule has 4 aromatic rings. The van der Waals surface area contributed by atoms with Crippen LogP contribution in [-0.4, -0.2) is 36.5 Å². The molecule has 2 unspecified atom stereocenters. The molecule has 0 saturated heterocycles. The van der Waals surface area contributed by atoms with Gasteiger partial charge in [-0.05, 0) is 106 Å². The molecule has 1 amide bonds. The average molecular weight is 854 g/mol. The first-order chi connectivity index (χ1) is 26.5. The van der Waals surface area contributed by atoms with Crippen molar-refractivity contribution in [1.82, 2.24) is 5.32 Å². The van der Waals surface area contributed by atoms with E-state index in [2.05, 4.69) is 16.0 Å². The summed E-state index contributed by atoms with van der Waals surface area (Å²) in [6.07, 6.45) is 1.24. The second-order valence-corrected chi connectivity index (χ2v) is 15.0. The molecule has 2 atom stereocenters. The van der Waals surface area contributed by atoms with Crippen LogP contribution >= 0.6 is 46.4 Å². The molecule has 0 heterocycles. The van der Waals surface area contributed by atoms with Crippen molar-refractivity contribution in [3.8, 4) is 11.5 Å². The predicted molar refractivity (Wildman–Crippen MR) is 218 cm³/mol. The van der Waals surface area contributed by atoms with Gasteiger partial charge < -0.3 is 30.2 Å². The van der Waals surface area contributed by atoms with E-state index in [-0.39, 0.29) is 74.4 Å². The van der Waals surface area contributed by atoms with E-state index < -0.39 is 36.0 Å². The minimum absolute atomic E-state index is 0.00631. The number of rotatable bonds is 17. The van der Waals surface area contributed by atoms with E-state index in [0.717, 1.165) is 24.0 Å². The van der Waals surface area contributed by atoms with Crippen LogP contribution in [0.2, 0.25) is 20.1 Å². The quantitative estimate of drug-likeness (QED) is 0.0711. The van der Waals surface area contributed by atoms with E-state index in [1.807, 2.05) is 41.5 Å². The fourth-order valence-electron chi connectivity index (χ4n) is 5.44. The summed E-state index contributed by atoms with van der Waals surface area (Å²) in [7, 11) is 0. The summed E-state index contributed by atoms with van der Waals surface area (Å²) in [4.78, 5) is 37.8. The van der Waals surface area contributed by atoms with Gasteiger partial charge in [0.15, 0.2) is 23.1 Å². The van der Waals surface area contributed by atoms with Crippen molar-refractivity contribution in [2.45, 2.75) is 86.1 Å². The third-order valence-electron chi connectivity index (χ3n) is 8.65. The van der Waals surface area contributed by atoms with Crippen molar-refractivity contribution in [1.29, 1.82) is 0 Å². The van der Waals surface area contributed by atoms with Crippen LogP contribution < -0.4 is 25.4 Å². The van der Waals surface area contributed by atoms with E-state index in [1.165, 1.54) is 24.3 Å². The first-order valence-corrected chi connectivity index (χ1v) is 19.4. The Balaban J connectivity index is 1.30. The van der Waals surface area contributed by atoms with Crippen molar-refractivity contribution in [3.05, 3.63) is 114 Å². The summed E-state index contributed by atoms with van der Waals surface area (Å²) < 4.78 is 46.8. The molecule has 4 rings (SSSR count). The number of anilines is 2. The van der Waals surface area contributed by atoms with Crippen LogP contribution in [0.4, 0.5) is 20.2 Å². The topological polar surface area (TPSA) is 115 Å². The highest BCUT2D eigenvalue weighted by Gasteiger charge is 2.20. The third-order valence-corrected chi connectivity index (χ3v) is 9.77. The number of aryl methyl sites for hydroxylation is 2. The summed E-state index contributed by atoms with van der Waals surface area (Å²) in [5.41, 5.74) is 3.27. The molecule has 0 aliphatic carbocycles. The molecule has 0 aliphatic heterocycles. The molecule has 300 valence electrons. The number of benzene rings is 4. The summed E-state index contributed by atoms with van der Waals surface area (Å²) >= 11 is 25.6. The maximum Gasteiger partial charge on any atom is 0.333 e. The number of carbonyl (C=O) groups excluding carboxylic acids is 3. The maximum absolute atomic E-state index is 15.2. The highest BCUT2D eigenvalue weighted by atomic mass is 35.5. The molecule has 0 saturated carbocycles. The van der Waals surface area contributed by atoms with Gasteiger partial charge in [-0.2, -0.15) is 0 Å². The number of nitrogens with one attached hydrogen (secondary N) is 3. The van der Waals surface area contributed by atoms with Crippen LogP contribution in [0.15, 0.2) is 48.5 Å². The smallest absolute Gasteiger partial charge is 0.333 e. The molecule has 9 nitrogen and oxygen atoms in total. The van der Waals surface area contributed by atoms with Crippen LogP contribution in [0.5, 0.6) is 11.5 Å². The Bertz CT molecular complexity index is 2050. The standard InChI is InChI=1S/C41H43Cl4F2N3O6/c1-7-23(5)49-33-11-21(3)9-27(37(33)46)19-54-39-29(42)13-25(14-30(39)43)15-35(51)56-36(52)18-48-41(53)26-16-31(44)40(32(45)17-26)55-20-28-10-22(4)12-34(38(28)47)50-24(6)8-2/h9-14,16-17,23-24,49-50H,7-8,15,18-20H2,1-6H3,(H,48,53). The van der Waals surface area contributed by atoms with Crippen LogP contribution in [0.3, 0.4) is 0 Å². The number of halogens is 6. The molecule has 4 aromatic carbocycles. The number of ether oxygens (including phenoxy) is 3. The molecule has 0 bridgehead atoms. The minimum atomic E-state index is -1.04. The van der Waals surface area contributed by atoms with Crippen molar-refractivity contribution in [2.75, 3.05) is 17.2 Å². The fraction of sp³-hybridized carbons (Fsp3) is 0.341. The van der Waals surface area contributed by atoms with E-state index >= 15 is 8.78 Å². The Hall–Kier alpha value is -4.29. The van der Waals surface area contributed by atoms with Gasteiger partial charge in [0.2, 0.25) is 0 Å². The Morgan fingerprint density at radius 3 is 1.52 bits per heavy atom. The molecule has 3 N–H and O–H groups in total. The van der Waals surface area contributed by atoms with Crippen LogP contribution in [0.1, 0.15) is 78.7 Å². The second-order valence-electron chi connectivity index (χ2n) is 13.4. The van der Waals surface area contributed by atoms with Crippen molar-refractivity contribution in [2.24, 2.45) is 0 Å². The first-order valence-electron chi connectivity index (χ1n) is 17.8. The van der Waals surface area contributed by atoms with Gasteiger partial charge in [0.25, 0.3) is 5.91 Å². The van der Waals surface area contributed by atoms with Gasteiger partial charge in [-0.3, -0.25) is 9.59 Å². The van der Waals surface area contributed by atoms with Gasteiger partial charge in [0.05, 0.1) is 37.9 Å². The van der Waals surface area contributed by atoms with E-state index in [4.69, 9.17) is 60.6 Å². The molecule has 0 aromatic heterocycles. The van der Waals surface area contributed by atoms with Gasteiger partial charge in [-0.15, -0.1) is 0 Å². The van der Waals surface area contributed by atoms with Gasteiger partial charge in [-0.25, -0.2) is 13.6 Å². The van der Waals surface area contributed by atoms with Gasteiger partial charge in [0, 0.05) is 28.8 Å². The minimum Gasteiger partial charge on any atom is -0.486 e. The Morgan fingerprint density at radius 2 is 1.09 bits per heavy atom. The highest BCUT2D eigenvalue weighted by molar-refractivity contribution is 6.38. The number of hydrogen-bond donors (Lipinski definition) is 3. The largest absolute Gasteiger partial charge is 0.486 e. The Labute approximate surface area is 345 Å². The lowest BCUT2D eigenvalue weighted by molar-refractivity contribution is -0.158. The first kappa shape index (κ1) is 44.4. The summed E-state index contributed by atoms with van der Waals surface area (Å²) in [5.74, 6) is -3.50. The van der Waals surface area contributed by atoms with Crippen molar-refractivity contribution >= 4 is 75.6 Å². The molecule has 0 spiro atoms. The molecule has 56 heavy (non-hydrogen) atoms. The normalized spacial score (nSPS) is 12.1. The van der Waals surface area contributed by atoms with E-state index in [9.17, 15) is 14.4 Å². The fourth-order valence-corrected chi connectivity index (χ4v) is 6.68. The lowest BCUT2D eigenvalue weighted by Crippen LogP contribution is -2.32. The molecular formula is C41H43Cl4F2N3O6. The number of hydrogen-bond acceptors (Lipinski definition) is 8. The second kappa shape index (κ2) is 20.2. The van der Waals surface area contributed by atoms with Gasteiger partial charge >= 0.3 is 11.9 Å². The lowest BCUT2D eigenvalue weighted by atomic mass is 10.1. The number of esters is 2. The Morgan fingerprint density at radius 1 is 0.661 bits per heavy atom. The molecule has 0 radical (unpaired) electrons. The SMILES string of the molecule is CCC(C)Nc1cc(C)cc(COc2c(Cl)cc(CC(=O)OC(=O)CNC(=O)c3cc(Cl)c(OCc4cc(C)cc(NC(C)CC)c4F)c(Cl)c3)cc2Cl)c1F. The maximum atomic E-state index is 15.2.